The lowest BCUT2D eigenvalue weighted by Gasteiger charge is -2.17. The SMILES string of the molecule is Fc1cccc(C(Cl)c2c3ccccc3cc3ccccc23)c1. The molecule has 0 bridgehead atoms. The molecule has 0 aliphatic carbocycles. The van der Waals surface area contributed by atoms with Crippen molar-refractivity contribution in [2.24, 2.45) is 0 Å². The fourth-order valence-corrected chi connectivity index (χ4v) is 3.52. The van der Waals surface area contributed by atoms with E-state index in [-0.39, 0.29) is 5.82 Å². The number of benzene rings is 4. The third-order valence-electron chi connectivity index (χ3n) is 4.21. The molecule has 0 amide bonds. The van der Waals surface area contributed by atoms with Gasteiger partial charge in [-0.25, -0.2) is 4.39 Å². The molecule has 0 saturated carbocycles. The highest BCUT2D eigenvalue weighted by Gasteiger charge is 2.17. The Kier molecular flexibility index (Phi) is 3.51. The smallest absolute Gasteiger partial charge is 0.123 e. The monoisotopic (exact) mass is 320 g/mol. The summed E-state index contributed by atoms with van der Waals surface area (Å²) in [6.45, 7) is 0. The normalized spacial score (nSPS) is 12.6. The quantitative estimate of drug-likeness (QED) is 0.293. The van der Waals surface area contributed by atoms with Crippen molar-refractivity contribution in [1.82, 2.24) is 0 Å². The molecule has 0 spiro atoms. The van der Waals surface area contributed by atoms with Crippen molar-refractivity contribution >= 4 is 33.1 Å². The van der Waals surface area contributed by atoms with Gasteiger partial charge in [-0.2, -0.15) is 0 Å². The van der Waals surface area contributed by atoms with Gasteiger partial charge in [-0.3, -0.25) is 0 Å². The summed E-state index contributed by atoms with van der Waals surface area (Å²) in [6.07, 6.45) is 0. The van der Waals surface area contributed by atoms with Crippen LogP contribution in [0.3, 0.4) is 0 Å². The molecule has 2 heteroatoms. The Morgan fingerprint density at radius 3 is 1.91 bits per heavy atom. The van der Waals surface area contributed by atoms with E-state index in [1.165, 1.54) is 12.1 Å². The highest BCUT2D eigenvalue weighted by molar-refractivity contribution is 6.25. The lowest BCUT2D eigenvalue weighted by Crippen LogP contribution is -1.97. The van der Waals surface area contributed by atoms with Gasteiger partial charge in [0.2, 0.25) is 0 Å². The molecule has 0 heterocycles. The topological polar surface area (TPSA) is 0 Å². The predicted octanol–water partition coefficient (Wildman–Crippen LogP) is 6.46. The zero-order chi connectivity index (χ0) is 15.8. The van der Waals surface area contributed by atoms with E-state index in [1.807, 2.05) is 30.3 Å². The van der Waals surface area contributed by atoms with Crippen LogP contribution in [0.15, 0.2) is 78.9 Å². The minimum Gasteiger partial charge on any atom is -0.207 e. The van der Waals surface area contributed by atoms with E-state index in [0.717, 1.165) is 32.7 Å². The van der Waals surface area contributed by atoms with Crippen LogP contribution in [0.2, 0.25) is 0 Å². The molecule has 0 fully saturated rings. The zero-order valence-corrected chi connectivity index (χ0v) is 13.1. The summed E-state index contributed by atoms with van der Waals surface area (Å²) >= 11 is 6.79. The highest BCUT2D eigenvalue weighted by atomic mass is 35.5. The fraction of sp³-hybridized carbons (Fsp3) is 0.0476. The third-order valence-corrected chi connectivity index (χ3v) is 4.68. The Hall–Kier alpha value is -2.38. The van der Waals surface area contributed by atoms with E-state index >= 15 is 0 Å². The summed E-state index contributed by atoms with van der Waals surface area (Å²) in [5.41, 5.74) is 1.80. The Bertz CT molecular complexity index is 953. The Labute approximate surface area is 139 Å². The first-order chi connectivity index (χ1) is 11.2. The summed E-state index contributed by atoms with van der Waals surface area (Å²) < 4.78 is 13.6. The molecule has 4 aromatic rings. The van der Waals surface area contributed by atoms with E-state index in [4.69, 9.17) is 11.6 Å². The third kappa shape index (κ3) is 2.47. The predicted molar refractivity (Wildman–Crippen MR) is 95.6 cm³/mol. The van der Waals surface area contributed by atoms with Crippen LogP contribution in [-0.2, 0) is 0 Å². The van der Waals surface area contributed by atoms with Gasteiger partial charge in [0.15, 0.2) is 0 Å². The Morgan fingerprint density at radius 2 is 1.30 bits per heavy atom. The number of halogens is 2. The van der Waals surface area contributed by atoms with Crippen LogP contribution in [0.25, 0.3) is 21.5 Å². The average molecular weight is 321 g/mol. The van der Waals surface area contributed by atoms with Crippen molar-refractivity contribution in [2.75, 3.05) is 0 Å². The molecule has 4 rings (SSSR count). The van der Waals surface area contributed by atoms with E-state index in [9.17, 15) is 4.39 Å². The molecule has 0 N–H and O–H groups in total. The van der Waals surface area contributed by atoms with Crippen LogP contribution in [0.4, 0.5) is 4.39 Å². The van der Waals surface area contributed by atoms with Crippen molar-refractivity contribution in [3.8, 4) is 0 Å². The van der Waals surface area contributed by atoms with Gasteiger partial charge in [-0.05, 0) is 50.9 Å². The van der Waals surface area contributed by atoms with Gasteiger partial charge in [0.1, 0.15) is 5.82 Å². The second kappa shape index (κ2) is 5.68. The van der Waals surface area contributed by atoms with Crippen molar-refractivity contribution in [3.63, 3.8) is 0 Å². The molecular formula is C21H14ClF. The van der Waals surface area contributed by atoms with E-state index in [0.29, 0.717) is 0 Å². The molecule has 0 aliphatic rings. The summed E-state index contributed by atoms with van der Waals surface area (Å²) in [7, 11) is 0. The minimum atomic E-state index is -0.401. The largest absolute Gasteiger partial charge is 0.207 e. The van der Waals surface area contributed by atoms with Crippen LogP contribution in [0.1, 0.15) is 16.5 Å². The number of rotatable bonds is 2. The number of fused-ring (bicyclic) bond motifs is 2. The van der Waals surface area contributed by atoms with E-state index in [2.05, 4.69) is 30.3 Å². The first kappa shape index (κ1) is 14.2. The van der Waals surface area contributed by atoms with Crippen molar-refractivity contribution < 1.29 is 4.39 Å². The van der Waals surface area contributed by atoms with Gasteiger partial charge in [-0.1, -0.05) is 60.7 Å². The number of hydrogen-bond donors (Lipinski definition) is 0. The summed E-state index contributed by atoms with van der Waals surface area (Å²) in [5.74, 6) is -0.266. The van der Waals surface area contributed by atoms with E-state index < -0.39 is 5.38 Å². The van der Waals surface area contributed by atoms with Crippen molar-refractivity contribution in [1.29, 1.82) is 0 Å². The van der Waals surface area contributed by atoms with Crippen LogP contribution in [0.5, 0.6) is 0 Å². The lowest BCUT2D eigenvalue weighted by atomic mass is 9.92. The maximum atomic E-state index is 13.6. The molecule has 0 saturated heterocycles. The van der Waals surface area contributed by atoms with Crippen LogP contribution in [-0.4, -0.2) is 0 Å². The maximum absolute atomic E-state index is 13.6. The lowest BCUT2D eigenvalue weighted by molar-refractivity contribution is 0.626. The Balaban J connectivity index is 2.06. The first-order valence-electron chi connectivity index (χ1n) is 7.54. The molecule has 1 unspecified atom stereocenters. The molecule has 4 aromatic carbocycles. The Morgan fingerprint density at radius 1 is 0.696 bits per heavy atom. The molecule has 112 valence electrons. The van der Waals surface area contributed by atoms with Gasteiger partial charge in [-0.15, -0.1) is 11.6 Å². The van der Waals surface area contributed by atoms with Crippen LogP contribution >= 0.6 is 11.6 Å². The maximum Gasteiger partial charge on any atom is 0.123 e. The fourth-order valence-electron chi connectivity index (χ4n) is 3.15. The summed E-state index contributed by atoms with van der Waals surface area (Å²) in [4.78, 5) is 0. The highest BCUT2D eigenvalue weighted by Crippen LogP contribution is 2.39. The number of hydrogen-bond acceptors (Lipinski definition) is 0. The van der Waals surface area contributed by atoms with Crippen LogP contribution < -0.4 is 0 Å². The molecule has 23 heavy (non-hydrogen) atoms. The van der Waals surface area contributed by atoms with Gasteiger partial charge in [0, 0.05) is 0 Å². The van der Waals surface area contributed by atoms with Gasteiger partial charge < -0.3 is 0 Å². The summed E-state index contributed by atoms with van der Waals surface area (Å²) in [5, 5.41) is 4.10. The molecule has 1 atom stereocenters. The van der Waals surface area contributed by atoms with Gasteiger partial charge in [0.25, 0.3) is 0 Å². The average Bonchev–Trinajstić information content (AvgIpc) is 2.59. The summed E-state index contributed by atoms with van der Waals surface area (Å²) in [6, 6.07) is 25.1. The van der Waals surface area contributed by atoms with Crippen LogP contribution in [0, 0.1) is 5.82 Å². The van der Waals surface area contributed by atoms with Crippen molar-refractivity contribution in [2.45, 2.75) is 5.38 Å². The molecular weight excluding hydrogens is 307 g/mol. The molecule has 0 aromatic heterocycles. The number of alkyl halides is 1. The second-order valence-electron chi connectivity index (χ2n) is 5.65. The first-order valence-corrected chi connectivity index (χ1v) is 7.97. The molecule has 0 radical (unpaired) electrons. The van der Waals surface area contributed by atoms with Gasteiger partial charge in [0.05, 0.1) is 5.38 Å². The van der Waals surface area contributed by atoms with Gasteiger partial charge >= 0.3 is 0 Å². The standard InChI is InChI=1S/C21H14ClF/c22-21(16-8-5-9-17(23)13-16)20-18-10-3-1-6-14(18)12-15-7-2-4-11-19(15)20/h1-13,21H. The van der Waals surface area contributed by atoms with E-state index in [1.54, 1.807) is 6.07 Å². The van der Waals surface area contributed by atoms with Crippen molar-refractivity contribution in [3.05, 3.63) is 95.8 Å². The molecule has 0 nitrogen and oxygen atoms in total. The second-order valence-corrected chi connectivity index (χ2v) is 6.09. The minimum absolute atomic E-state index is 0.266. The zero-order valence-electron chi connectivity index (χ0n) is 12.3. The molecule has 0 aliphatic heterocycles.